The number of nitrogens with two attached hydrogens (primary N) is 1. The number of ether oxygens (including phenoxy) is 1. The SMILES string of the molecule is CC(N)c1ccc(Oc2ccc(Br)cc2F)cc1. The highest BCUT2D eigenvalue weighted by atomic mass is 79.9. The van der Waals surface area contributed by atoms with E-state index in [1.54, 1.807) is 24.3 Å². The third-order valence-corrected chi connectivity index (χ3v) is 3.02. The molecule has 2 rings (SSSR count). The Morgan fingerprint density at radius 1 is 1.17 bits per heavy atom. The van der Waals surface area contributed by atoms with Crippen LogP contribution >= 0.6 is 15.9 Å². The van der Waals surface area contributed by atoms with Gasteiger partial charge in [0.25, 0.3) is 0 Å². The van der Waals surface area contributed by atoms with Crippen molar-refractivity contribution in [2.75, 3.05) is 0 Å². The summed E-state index contributed by atoms with van der Waals surface area (Å²) in [6.07, 6.45) is 0. The summed E-state index contributed by atoms with van der Waals surface area (Å²) in [6, 6.07) is 12.0. The maximum absolute atomic E-state index is 13.6. The van der Waals surface area contributed by atoms with Gasteiger partial charge in [-0.2, -0.15) is 0 Å². The van der Waals surface area contributed by atoms with Crippen LogP contribution in [0, 0.1) is 5.82 Å². The normalized spacial score (nSPS) is 12.2. The lowest BCUT2D eigenvalue weighted by Crippen LogP contribution is -2.04. The van der Waals surface area contributed by atoms with E-state index in [1.807, 2.05) is 19.1 Å². The molecule has 0 aromatic heterocycles. The Labute approximate surface area is 114 Å². The Balaban J connectivity index is 2.18. The van der Waals surface area contributed by atoms with E-state index < -0.39 is 5.82 Å². The Bertz CT molecular complexity index is 540. The summed E-state index contributed by atoms with van der Waals surface area (Å²) in [5.41, 5.74) is 6.76. The van der Waals surface area contributed by atoms with Crippen molar-refractivity contribution in [2.45, 2.75) is 13.0 Å². The van der Waals surface area contributed by atoms with E-state index >= 15 is 0 Å². The summed E-state index contributed by atoms with van der Waals surface area (Å²) in [5, 5.41) is 0. The van der Waals surface area contributed by atoms with Gasteiger partial charge in [0.1, 0.15) is 5.75 Å². The van der Waals surface area contributed by atoms with Crippen molar-refractivity contribution in [2.24, 2.45) is 5.73 Å². The first-order valence-electron chi connectivity index (χ1n) is 5.54. The molecule has 2 aromatic carbocycles. The molecule has 2 N–H and O–H groups in total. The van der Waals surface area contributed by atoms with E-state index in [2.05, 4.69) is 15.9 Å². The molecule has 0 heterocycles. The topological polar surface area (TPSA) is 35.2 Å². The molecule has 1 atom stereocenters. The first kappa shape index (κ1) is 13.1. The van der Waals surface area contributed by atoms with E-state index in [9.17, 15) is 4.39 Å². The lowest BCUT2D eigenvalue weighted by Gasteiger charge is -2.09. The molecule has 0 aliphatic carbocycles. The average Bonchev–Trinajstić information content (AvgIpc) is 2.33. The zero-order valence-electron chi connectivity index (χ0n) is 9.86. The smallest absolute Gasteiger partial charge is 0.166 e. The summed E-state index contributed by atoms with van der Waals surface area (Å²) in [6.45, 7) is 1.91. The molecule has 0 spiro atoms. The molecule has 2 aromatic rings. The standard InChI is InChI=1S/C14H13BrFNO/c1-9(17)10-2-5-12(6-3-10)18-14-7-4-11(15)8-13(14)16/h2-9H,17H2,1H3. The Kier molecular flexibility index (Phi) is 3.99. The molecule has 0 saturated carbocycles. The van der Waals surface area contributed by atoms with Crippen molar-refractivity contribution in [1.29, 1.82) is 0 Å². The van der Waals surface area contributed by atoms with Crippen LogP contribution in [0.2, 0.25) is 0 Å². The van der Waals surface area contributed by atoms with E-state index in [-0.39, 0.29) is 11.8 Å². The van der Waals surface area contributed by atoms with E-state index in [4.69, 9.17) is 10.5 Å². The van der Waals surface area contributed by atoms with Gasteiger partial charge in [-0.1, -0.05) is 28.1 Å². The lowest BCUT2D eigenvalue weighted by atomic mass is 10.1. The fourth-order valence-corrected chi connectivity index (χ4v) is 1.86. The molecular weight excluding hydrogens is 297 g/mol. The van der Waals surface area contributed by atoms with Crippen LogP contribution in [0.25, 0.3) is 0 Å². The van der Waals surface area contributed by atoms with Crippen LogP contribution in [0.1, 0.15) is 18.5 Å². The van der Waals surface area contributed by atoms with Gasteiger partial charge in [-0.15, -0.1) is 0 Å². The molecule has 0 bridgehead atoms. The summed E-state index contributed by atoms with van der Waals surface area (Å²) in [5.74, 6) is 0.382. The largest absolute Gasteiger partial charge is 0.454 e. The number of hydrogen-bond donors (Lipinski definition) is 1. The predicted octanol–water partition coefficient (Wildman–Crippen LogP) is 4.40. The summed E-state index contributed by atoms with van der Waals surface area (Å²) >= 11 is 3.20. The minimum atomic E-state index is -0.402. The third kappa shape index (κ3) is 3.09. The van der Waals surface area contributed by atoms with Gasteiger partial charge in [0.15, 0.2) is 11.6 Å². The third-order valence-electron chi connectivity index (χ3n) is 2.53. The Morgan fingerprint density at radius 3 is 2.39 bits per heavy atom. The quantitative estimate of drug-likeness (QED) is 0.912. The van der Waals surface area contributed by atoms with Crippen LogP contribution in [0.15, 0.2) is 46.9 Å². The molecule has 94 valence electrons. The summed E-state index contributed by atoms with van der Waals surface area (Å²) in [7, 11) is 0. The maximum Gasteiger partial charge on any atom is 0.166 e. The van der Waals surface area contributed by atoms with Crippen molar-refractivity contribution >= 4 is 15.9 Å². The minimum absolute atomic E-state index is 0.0246. The monoisotopic (exact) mass is 309 g/mol. The highest BCUT2D eigenvalue weighted by Crippen LogP contribution is 2.27. The highest BCUT2D eigenvalue weighted by molar-refractivity contribution is 9.10. The van der Waals surface area contributed by atoms with Gasteiger partial charge in [0.05, 0.1) is 0 Å². The van der Waals surface area contributed by atoms with Gasteiger partial charge >= 0.3 is 0 Å². The highest BCUT2D eigenvalue weighted by Gasteiger charge is 2.06. The van der Waals surface area contributed by atoms with Crippen molar-refractivity contribution in [3.05, 3.63) is 58.3 Å². The Morgan fingerprint density at radius 2 is 1.83 bits per heavy atom. The van der Waals surface area contributed by atoms with Gasteiger partial charge in [-0.3, -0.25) is 0 Å². The average molecular weight is 310 g/mol. The lowest BCUT2D eigenvalue weighted by molar-refractivity contribution is 0.442. The summed E-state index contributed by atoms with van der Waals surface area (Å²) < 4.78 is 19.7. The summed E-state index contributed by atoms with van der Waals surface area (Å²) in [4.78, 5) is 0. The zero-order chi connectivity index (χ0) is 13.1. The van der Waals surface area contributed by atoms with Crippen molar-refractivity contribution in [3.8, 4) is 11.5 Å². The molecular formula is C14H13BrFNO. The van der Waals surface area contributed by atoms with Crippen molar-refractivity contribution in [3.63, 3.8) is 0 Å². The molecule has 4 heteroatoms. The minimum Gasteiger partial charge on any atom is -0.454 e. The van der Waals surface area contributed by atoms with Crippen molar-refractivity contribution < 1.29 is 9.13 Å². The number of halogens is 2. The first-order chi connectivity index (χ1) is 8.56. The molecule has 18 heavy (non-hydrogen) atoms. The fourth-order valence-electron chi connectivity index (χ4n) is 1.52. The van der Waals surface area contributed by atoms with Gasteiger partial charge in [-0.25, -0.2) is 4.39 Å². The molecule has 0 aliphatic heterocycles. The molecule has 0 fully saturated rings. The van der Waals surface area contributed by atoms with Crippen LogP contribution in [-0.4, -0.2) is 0 Å². The number of benzene rings is 2. The second-order valence-corrected chi connectivity index (χ2v) is 4.95. The molecule has 0 amide bonds. The predicted molar refractivity (Wildman–Crippen MR) is 73.2 cm³/mol. The van der Waals surface area contributed by atoms with Gasteiger partial charge < -0.3 is 10.5 Å². The maximum atomic E-state index is 13.6. The fraction of sp³-hybridized carbons (Fsp3) is 0.143. The zero-order valence-corrected chi connectivity index (χ0v) is 11.4. The van der Waals surface area contributed by atoms with Crippen LogP contribution in [0.4, 0.5) is 4.39 Å². The second kappa shape index (κ2) is 5.50. The van der Waals surface area contributed by atoms with Crippen LogP contribution in [0.5, 0.6) is 11.5 Å². The van der Waals surface area contributed by atoms with Crippen LogP contribution in [0.3, 0.4) is 0 Å². The Hall–Kier alpha value is -1.39. The first-order valence-corrected chi connectivity index (χ1v) is 6.34. The van der Waals surface area contributed by atoms with Gasteiger partial charge in [-0.05, 0) is 42.8 Å². The molecule has 0 saturated heterocycles. The van der Waals surface area contributed by atoms with Gasteiger partial charge in [0, 0.05) is 10.5 Å². The van der Waals surface area contributed by atoms with Crippen molar-refractivity contribution in [1.82, 2.24) is 0 Å². The molecule has 2 nitrogen and oxygen atoms in total. The van der Waals surface area contributed by atoms with E-state index in [0.29, 0.717) is 10.2 Å². The van der Waals surface area contributed by atoms with Crippen LogP contribution in [-0.2, 0) is 0 Å². The number of hydrogen-bond acceptors (Lipinski definition) is 2. The van der Waals surface area contributed by atoms with E-state index in [0.717, 1.165) is 5.56 Å². The number of rotatable bonds is 3. The van der Waals surface area contributed by atoms with Crippen LogP contribution < -0.4 is 10.5 Å². The molecule has 0 radical (unpaired) electrons. The molecule has 0 aliphatic rings. The van der Waals surface area contributed by atoms with Gasteiger partial charge in [0.2, 0.25) is 0 Å². The molecule has 1 unspecified atom stereocenters. The van der Waals surface area contributed by atoms with E-state index in [1.165, 1.54) is 6.07 Å². The second-order valence-electron chi connectivity index (χ2n) is 4.03.